The van der Waals surface area contributed by atoms with Gasteiger partial charge in [0.15, 0.2) is 0 Å². The fourth-order valence-electron chi connectivity index (χ4n) is 3.16. The second-order valence-electron chi connectivity index (χ2n) is 6.78. The van der Waals surface area contributed by atoms with E-state index in [2.05, 4.69) is 0 Å². The predicted molar refractivity (Wildman–Crippen MR) is 96.8 cm³/mol. The van der Waals surface area contributed by atoms with Crippen LogP contribution in [0.2, 0.25) is 5.02 Å². The molecule has 0 aliphatic carbocycles. The second kappa shape index (κ2) is 6.41. The second-order valence-corrected chi connectivity index (χ2v) is 7.22. The number of esters is 1. The van der Waals surface area contributed by atoms with Crippen molar-refractivity contribution >= 4 is 35.0 Å². The van der Waals surface area contributed by atoms with E-state index in [0.29, 0.717) is 22.8 Å². The number of benzene rings is 2. The zero-order valence-corrected chi connectivity index (χ0v) is 14.8. The summed E-state index contributed by atoms with van der Waals surface area (Å²) < 4.78 is 5.49. The molecule has 1 unspecified atom stereocenters. The molecule has 2 aromatic carbocycles. The third-order valence-electron chi connectivity index (χ3n) is 4.28. The van der Waals surface area contributed by atoms with Gasteiger partial charge in [0.2, 0.25) is 0 Å². The number of hydrogen-bond acceptors (Lipinski definition) is 3. The van der Waals surface area contributed by atoms with E-state index in [1.54, 1.807) is 30.3 Å². The number of ether oxygens (including phenoxy) is 1. The van der Waals surface area contributed by atoms with Crippen molar-refractivity contribution < 1.29 is 14.3 Å². The monoisotopic (exact) mass is 358 g/mol. The lowest BCUT2D eigenvalue weighted by molar-refractivity contribution is -0.142. The topological polar surface area (TPSA) is 72.6 Å². The molecular weight excluding hydrogens is 340 g/mol. The number of halogens is 1. The van der Waals surface area contributed by atoms with Crippen LogP contribution in [-0.2, 0) is 9.53 Å². The molecule has 1 fully saturated rings. The number of rotatable bonds is 3. The quantitative estimate of drug-likeness (QED) is 0.817. The highest BCUT2D eigenvalue weighted by Crippen LogP contribution is 2.46. The van der Waals surface area contributed by atoms with Gasteiger partial charge in [0.1, 0.15) is 6.10 Å². The highest BCUT2D eigenvalue weighted by atomic mass is 35.5. The first kappa shape index (κ1) is 17.3. The van der Waals surface area contributed by atoms with Crippen LogP contribution in [0.3, 0.4) is 0 Å². The van der Waals surface area contributed by atoms with Crippen molar-refractivity contribution in [1.82, 2.24) is 0 Å². The van der Waals surface area contributed by atoms with Crippen LogP contribution in [0.1, 0.15) is 31.9 Å². The summed E-state index contributed by atoms with van der Waals surface area (Å²) in [5, 5.41) is 0.505. The maximum atomic E-state index is 12.0. The van der Waals surface area contributed by atoms with Crippen LogP contribution in [0.4, 0.5) is 16.2 Å². The van der Waals surface area contributed by atoms with Gasteiger partial charge in [-0.15, -0.1) is 0 Å². The molecule has 3 rings (SSSR count). The van der Waals surface area contributed by atoms with Crippen LogP contribution in [0.15, 0.2) is 48.5 Å². The molecule has 0 radical (unpaired) electrons. The number of carbonyl (C=O) groups is 2. The minimum absolute atomic E-state index is 0.220. The van der Waals surface area contributed by atoms with Gasteiger partial charge in [-0.2, -0.15) is 0 Å². The number of primary amides is 1. The van der Waals surface area contributed by atoms with Crippen molar-refractivity contribution in [3.8, 4) is 0 Å². The van der Waals surface area contributed by atoms with Crippen molar-refractivity contribution in [3.05, 3.63) is 59.1 Å². The van der Waals surface area contributed by atoms with E-state index >= 15 is 0 Å². The molecule has 130 valence electrons. The molecule has 1 saturated heterocycles. The molecule has 1 aliphatic heterocycles. The molecule has 0 saturated carbocycles. The zero-order chi connectivity index (χ0) is 18.2. The molecule has 1 heterocycles. The molecule has 1 aliphatic rings. The molecule has 1 atom stereocenters. The summed E-state index contributed by atoms with van der Waals surface area (Å²) in [6, 6.07) is 13.6. The number of nitrogens with two attached hydrogens (primary N) is 1. The number of hydrogen-bond donors (Lipinski definition) is 1. The summed E-state index contributed by atoms with van der Waals surface area (Å²) in [5.74, 6) is -0.220. The van der Waals surface area contributed by atoms with Crippen molar-refractivity contribution in [2.75, 3.05) is 4.90 Å². The van der Waals surface area contributed by atoms with Crippen molar-refractivity contribution in [2.45, 2.75) is 26.4 Å². The SMILES string of the molecule is CC1(C)CC(=O)OC1c1cccc(N(C(N)=O)c2cccc(Cl)c2)c1. The highest BCUT2D eigenvalue weighted by Gasteiger charge is 2.42. The van der Waals surface area contributed by atoms with Gasteiger partial charge >= 0.3 is 12.0 Å². The summed E-state index contributed by atoms with van der Waals surface area (Å²) >= 11 is 6.03. The van der Waals surface area contributed by atoms with Gasteiger partial charge in [-0.3, -0.25) is 9.69 Å². The summed E-state index contributed by atoms with van der Waals surface area (Å²) in [6.07, 6.45) is -0.00977. The number of urea groups is 1. The minimum Gasteiger partial charge on any atom is -0.457 e. The molecule has 2 aromatic rings. The first-order valence-corrected chi connectivity index (χ1v) is 8.30. The van der Waals surface area contributed by atoms with Crippen LogP contribution in [0.5, 0.6) is 0 Å². The summed E-state index contributed by atoms with van der Waals surface area (Å²) in [4.78, 5) is 25.1. The summed E-state index contributed by atoms with van der Waals surface area (Å²) in [5.41, 5.74) is 7.25. The number of nitrogens with zero attached hydrogens (tertiary/aromatic N) is 1. The fraction of sp³-hybridized carbons (Fsp3) is 0.263. The third kappa shape index (κ3) is 3.46. The van der Waals surface area contributed by atoms with E-state index in [1.807, 2.05) is 32.0 Å². The molecule has 6 heteroatoms. The Morgan fingerprint density at radius 1 is 1.20 bits per heavy atom. The van der Waals surface area contributed by atoms with E-state index < -0.39 is 6.03 Å². The lowest BCUT2D eigenvalue weighted by Gasteiger charge is -2.26. The molecule has 5 nitrogen and oxygen atoms in total. The third-order valence-corrected chi connectivity index (χ3v) is 4.51. The van der Waals surface area contributed by atoms with Gasteiger partial charge in [0.05, 0.1) is 17.8 Å². The Kier molecular flexibility index (Phi) is 4.43. The lowest BCUT2D eigenvalue weighted by Crippen LogP contribution is -2.31. The van der Waals surface area contributed by atoms with Crippen LogP contribution < -0.4 is 10.6 Å². The Morgan fingerprint density at radius 3 is 2.40 bits per heavy atom. The molecule has 0 aromatic heterocycles. The number of carbonyl (C=O) groups excluding carboxylic acids is 2. The van der Waals surface area contributed by atoms with E-state index in [1.165, 1.54) is 4.90 Å². The van der Waals surface area contributed by atoms with E-state index in [0.717, 1.165) is 5.56 Å². The Morgan fingerprint density at radius 2 is 1.84 bits per heavy atom. The van der Waals surface area contributed by atoms with E-state index in [-0.39, 0.29) is 17.5 Å². The van der Waals surface area contributed by atoms with Gasteiger partial charge in [-0.1, -0.05) is 43.6 Å². The molecule has 2 N–H and O–H groups in total. The van der Waals surface area contributed by atoms with Gasteiger partial charge in [0, 0.05) is 10.4 Å². The molecule has 25 heavy (non-hydrogen) atoms. The minimum atomic E-state index is -0.623. The Balaban J connectivity index is 2.02. The zero-order valence-electron chi connectivity index (χ0n) is 14.0. The summed E-state index contributed by atoms with van der Waals surface area (Å²) in [7, 11) is 0. The maximum Gasteiger partial charge on any atom is 0.323 e. The van der Waals surface area contributed by atoms with Crippen LogP contribution in [-0.4, -0.2) is 12.0 Å². The Bertz CT molecular complexity index is 835. The van der Waals surface area contributed by atoms with Crippen LogP contribution >= 0.6 is 11.6 Å². The van der Waals surface area contributed by atoms with Crippen molar-refractivity contribution in [1.29, 1.82) is 0 Å². The first-order chi connectivity index (χ1) is 11.8. The van der Waals surface area contributed by atoms with Gasteiger partial charge in [-0.25, -0.2) is 4.79 Å². The Labute approximate surface area is 151 Å². The normalized spacial score (nSPS) is 18.7. The maximum absolute atomic E-state index is 12.0. The average molecular weight is 359 g/mol. The largest absolute Gasteiger partial charge is 0.457 e. The van der Waals surface area contributed by atoms with Gasteiger partial charge < -0.3 is 10.5 Å². The molecule has 2 amide bonds. The lowest BCUT2D eigenvalue weighted by atomic mass is 9.82. The first-order valence-electron chi connectivity index (χ1n) is 7.92. The average Bonchev–Trinajstić information content (AvgIpc) is 2.80. The van der Waals surface area contributed by atoms with Gasteiger partial charge in [-0.05, 0) is 35.9 Å². The van der Waals surface area contributed by atoms with E-state index in [9.17, 15) is 9.59 Å². The van der Waals surface area contributed by atoms with Gasteiger partial charge in [0.25, 0.3) is 0 Å². The number of cyclic esters (lactones) is 1. The van der Waals surface area contributed by atoms with Crippen LogP contribution in [0, 0.1) is 5.41 Å². The number of anilines is 2. The fourth-order valence-corrected chi connectivity index (χ4v) is 3.35. The molecule has 0 bridgehead atoms. The van der Waals surface area contributed by atoms with Crippen molar-refractivity contribution in [3.63, 3.8) is 0 Å². The predicted octanol–water partition coefficient (Wildman–Crippen LogP) is 4.57. The number of amides is 2. The standard InChI is InChI=1S/C19H19ClN2O3/c1-19(2)11-16(23)25-17(19)12-5-3-7-14(9-12)22(18(21)24)15-8-4-6-13(20)10-15/h3-10,17H,11H2,1-2H3,(H2,21,24). The van der Waals surface area contributed by atoms with Crippen LogP contribution in [0.25, 0.3) is 0 Å². The van der Waals surface area contributed by atoms with Crippen molar-refractivity contribution in [2.24, 2.45) is 11.1 Å². The molecule has 0 spiro atoms. The van der Waals surface area contributed by atoms with E-state index in [4.69, 9.17) is 22.1 Å². The smallest absolute Gasteiger partial charge is 0.323 e. The Hall–Kier alpha value is -2.53. The highest BCUT2D eigenvalue weighted by molar-refractivity contribution is 6.31. The molecular formula is C19H19ClN2O3. The summed E-state index contributed by atoms with van der Waals surface area (Å²) in [6.45, 7) is 3.97.